The Bertz CT molecular complexity index is 310. The van der Waals surface area contributed by atoms with Crippen molar-refractivity contribution in [3.63, 3.8) is 0 Å². The molecule has 0 bridgehead atoms. The van der Waals surface area contributed by atoms with Crippen LogP contribution in [0.2, 0.25) is 0 Å². The van der Waals surface area contributed by atoms with Crippen molar-refractivity contribution in [3.05, 3.63) is 0 Å². The summed E-state index contributed by atoms with van der Waals surface area (Å²) in [5, 5.41) is 2.85. The van der Waals surface area contributed by atoms with Crippen molar-refractivity contribution < 1.29 is 9.53 Å². The lowest BCUT2D eigenvalue weighted by Gasteiger charge is -2.33. The first-order valence-corrected chi connectivity index (χ1v) is 8.45. The minimum absolute atomic E-state index is 0.299. The van der Waals surface area contributed by atoms with Gasteiger partial charge in [0, 0.05) is 19.6 Å². The molecule has 1 aliphatic rings. The Morgan fingerprint density at radius 1 is 1.38 bits per heavy atom. The van der Waals surface area contributed by atoms with Crippen LogP contribution in [0.1, 0.15) is 60.3 Å². The van der Waals surface area contributed by atoms with E-state index >= 15 is 0 Å². The number of ether oxygens (including phenoxy) is 1. The normalized spacial score (nSPS) is 20.6. The highest BCUT2D eigenvalue weighted by Gasteiger charge is 2.20. The third-order valence-electron chi connectivity index (χ3n) is 3.68. The molecular formula is C17H34N2O2. The van der Waals surface area contributed by atoms with Crippen molar-refractivity contribution in [3.8, 4) is 0 Å². The molecule has 4 nitrogen and oxygen atoms in total. The maximum atomic E-state index is 11.5. The Balaban J connectivity index is 2.13. The summed E-state index contributed by atoms with van der Waals surface area (Å²) in [6.45, 7) is 14.6. The number of nitrogens with one attached hydrogen (secondary N) is 1. The van der Waals surface area contributed by atoms with Gasteiger partial charge in [0.05, 0.1) is 0 Å². The zero-order chi connectivity index (χ0) is 15.9. The van der Waals surface area contributed by atoms with Crippen molar-refractivity contribution in [2.24, 2.45) is 11.8 Å². The third kappa shape index (κ3) is 8.97. The van der Waals surface area contributed by atoms with Gasteiger partial charge in [-0.05, 0) is 64.8 Å². The van der Waals surface area contributed by atoms with Crippen LogP contribution in [0.4, 0.5) is 4.79 Å². The van der Waals surface area contributed by atoms with Crippen LogP contribution in [-0.2, 0) is 4.74 Å². The van der Waals surface area contributed by atoms with E-state index in [0.717, 1.165) is 24.8 Å². The molecule has 0 aliphatic carbocycles. The van der Waals surface area contributed by atoms with Crippen molar-refractivity contribution >= 4 is 6.09 Å². The molecule has 1 unspecified atom stereocenters. The molecule has 124 valence electrons. The van der Waals surface area contributed by atoms with Crippen LogP contribution in [0.25, 0.3) is 0 Å². The molecule has 1 N–H and O–H groups in total. The highest BCUT2D eigenvalue weighted by Crippen LogP contribution is 2.21. The number of amides is 1. The van der Waals surface area contributed by atoms with Crippen LogP contribution in [0.3, 0.4) is 0 Å². The average molecular weight is 298 g/mol. The van der Waals surface area contributed by atoms with Gasteiger partial charge in [-0.3, -0.25) is 0 Å². The molecule has 1 fully saturated rings. The molecule has 0 radical (unpaired) electrons. The van der Waals surface area contributed by atoms with Gasteiger partial charge in [0.25, 0.3) is 0 Å². The van der Waals surface area contributed by atoms with E-state index in [1.54, 1.807) is 0 Å². The van der Waals surface area contributed by atoms with E-state index in [9.17, 15) is 4.79 Å². The van der Waals surface area contributed by atoms with Gasteiger partial charge in [0.2, 0.25) is 0 Å². The van der Waals surface area contributed by atoms with Crippen molar-refractivity contribution in [2.45, 2.75) is 65.9 Å². The van der Waals surface area contributed by atoms with Crippen LogP contribution in [-0.4, -0.2) is 42.8 Å². The maximum Gasteiger partial charge on any atom is 0.407 e. The summed E-state index contributed by atoms with van der Waals surface area (Å²) in [6.07, 6.45) is 4.59. The molecule has 0 aromatic heterocycles. The summed E-state index contributed by atoms with van der Waals surface area (Å²) in [5.41, 5.74) is -0.412. The highest BCUT2D eigenvalue weighted by molar-refractivity contribution is 5.67. The molecule has 4 heteroatoms. The van der Waals surface area contributed by atoms with Crippen molar-refractivity contribution in [1.82, 2.24) is 10.2 Å². The summed E-state index contributed by atoms with van der Waals surface area (Å²) in [5.74, 6) is 1.54. The molecule has 0 saturated carbocycles. The lowest BCUT2D eigenvalue weighted by Crippen LogP contribution is -2.38. The lowest BCUT2D eigenvalue weighted by atomic mass is 9.93. The van der Waals surface area contributed by atoms with E-state index in [1.165, 1.54) is 38.9 Å². The molecule has 0 aromatic carbocycles. The number of piperidine rings is 1. The molecule has 0 aromatic rings. The van der Waals surface area contributed by atoms with Crippen LogP contribution in [0.5, 0.6) is 0 Å². The van der Waals surface area contributed by atoms with Gasteiger partial charge in [0.15, 0.2) is 0 Å². The average Bonchev–Trinajstić information content (AvgIpc) is 2.32. The third-order valence-corrected chi connectivity index (χ3v) is 3.68. The number of carbonyl (C=O) groups is 1. The van der Waals surface area contributed by atoms with Gasteiger partial charge >= 0.3 is 6.09 Å². The highest BCUT2D eigenvalue weighted by atomic mass is 16.6. The molecule has 0 spiro atoms. The molecule has 1 rings (SSSR count). The second-order valence-electron chi connectivity index (χ2n) is 7.73. The van der Waals surface area contributed by atoms with Gasteiger partial charge in [-0.15, -0.1) is 0 Å². The Kier molecular flexibility index (Phi) is 7.50. The summed E-state index contributed by atoms with van der Waals surface area (Å²) in [7, 11) is 0. The first-order chi connectivity index (χ1) is 9.76. The number of nitrogens with zero attached hydrogens (tertiary/aromatic N) is 1. The Hall–Kier alpha value is -0.770. The standard InChI is InChI=1S/C17H34N2O2/c1-14(2)12-19-11-7-9-15(13-19)8-6-10-18-16(20)21-17(3,4)5/h14-15H,6-13H2,1-5H3,(H,18,20). The van der Waals surface area contributed by atoms with Crippen molar-refractivity contribution in [2.75, 3.05) is 26.2 Å². The maximum absolute atomic E-state index is 11.5. The minimum atomic E-state index is -0.412. The lowest BCUT2D eigenvalue weighted by molar-refractivity contribution is 0.0525. The van der Waals surface area contributed by atoms with Crippen LogP contribution < -0.4 is 5.32 Å². The zero-order valence-electron chi connectivity index (χ0n) is 14.6. The van der Waals surface area contributed by atoms with E-state index in [0.29, 0.717) is 0 Å². The van der Waals surface area contributed by atoms with Crippen LogP contribution in [0, 0.1) is 11.8 Å². The smallest absolute Gasteiger partial charge is 0.407 e. The molecule has 1 saturated heterocycles. The molecule has 1 aliphatic heterocycles. The number of rotatable bonds is 6. The van der Waals surface area contributed by atoms with Gasteiger partial charge in [-0.2, -0.15) is 0 Å². The first-order valence-electron chi connectivity index (χ1n) is 8.45. The van der Waals surface area contributed by atoms with E-state index in [2.05, 4.69) is 24.1 Å². The quantitative estimate of drug-likeness (QED) is 0.761. The van der Waals surface area contributed by atoms with Crippen molar-refractivity contribution in [1.29, 1.82) is 0 Å². The number of alkyl carbamates (subject to hydrolysis) is 1. The summed E-state index contributed by atoms with van der Waals surface area (Å²) in [4.78, 5) is 14.1. The monoisotopic (exact) mass is 298 g/mol. The zero-order valence-corrected chi connectivity index (χ0v) is 14.6. The molecule has 1 amide bonds. The van der Waals surface area contributed by atoms with Crippen LogP contribution >= 0.6 is 0 Å². The predicted octanol–water partition coefficient (Wildman–Crippen LogP) is 3.66. The Morgan fingerprint density at radius 3 is 2.71 bits per heavy atom. The SMILES string of the molecule is CC(C)CN1CCCC(CCCNC(=O)OC(C)(C)C)C1. The number of hydrogen-bond donors (Lipinski definition) is 1. The second-order valence-corrected chi connectivity index (χ2v) is 7.73. The van der Waals surface area contributed by atoms with Gasteiger partial charge in [0.1, 0.15) is 5.60 Å². The topological polar surface area (TPSA) is 41.6 Å². The predicted molar refractivity (Wildman–Crippen MR) is 87.5 cm³/mol. The van der Waals surface area contributed by atoms with E-state index < -0.39 is 5.60 Å². The molecular weight excluding hydrogens is 264 g/mol. The first kappa shape index (κ1) is 18.3. The fraction of sp³-hybridized carbons (Fsp3) is 0.941. The molecule has 21 heavy (non-hydrogen) atoms. The number of likely N-dealkylation sites (tertiary alicyclic amines) is 1. The molecule has 1 atom stereocenters. The number of carbonyl (C=O) groups excluding carboxylic acids is 1. The Morgan fingerprint density at radius 2 is 2.10 bits per heavy atom. The number of hydrogen-bond acceptors (Lipinski definition) is 3. The van der Waals surface area contributed by atoms with Gasteiger partial charge in [-0.25, -0.2) is 4.79 Å². The van der Waals surface area contributed by atoms with E-state index in [1.807, 2.05) is 20.8 Å². The largest absolute Gasteiger partial charge is 0.444 e. The van der Waals surface area contributed by atoms with E-state index in [-0.39, 0.29) is 6.09 Å². The summed E-state index contributed by atoms with van der Waals surface area (Å²) < 4.78 is 5.23. The minimum Gasteiger partial charge on any atom is -0.444 e. The van der Waals surface area contributed by atoms with Crippen LogP contribution in [0.15, 0.2) is 0 Å². The summed E-state index contributed by atoms with van der Waals surface area (Å²) in [6, 6.07) is 0. The van der Waals surface area contributed by atoms with Gasteiger partial charge in [-0.1, -0.05) is 13.8 Å². The summed E-state index contributed by atoms with van der Waals surface area (Å²) >= 11 is 0. The Labute approximate surface area is 130 Å². The van der Waals surface area contributed by atoms with Gasteiger partial charge < -0.3 is 15.0 Å². The second kappa shape index (κ2) is 8.62. The fourth-order valence-corrected chi connectivity index (χ4v) is 2.96. The molecule has 1 heterocycles. The fourth-order valence-electron chi connectivity index (χ4n) is 2.96. The van der Waals surface area contributed by atoms with E-state index in [4.69, 9.17) is 4.74 Å².